The number of carbonyl (C=O) groups is 1. The Morgan fingerprint density at radius 1 is 1.00 bits per heavy atom. The molecule has 4 saturated carbocycles. The molecule has 34 heavy (non-hydrogen) atoms. The number of halogens is 1. The number of aromatic nitrogens is 1. The van der Waals surface area contributed by atoms with E-state index in [9.17, 15) is 9.90 Å². The van der Waals surface area contributed by atoms with Gasteiger partial charge in [0.2, 0.25) is 5.88 Å². The molecular formula is C28H27ClN2O3. The topological polar surface area (TPSA) is 71.5 Å². The Morgan fingerprint density at radius 2 is 1.68 bits per heavy atom. The predicted octanol–water partition coefficient (Wildman–Crippen LogP) is 7.44. The Bertz CT molecular complexity index is 1210. The summed E-state index contributed by atoms with van der Waals surface area (Å²) < 4.78 is 5.69. The quantitative estimate of drug-likeness (QED) is 0.388. The van der Waals surface area contributed by atoms with Gasteiger partial charge >= 0.3 is 5.97 Å². The SMILES string of the molecule is O=C(O)c1cccnc1Oc1ccc(Nc2ccc(C34CC5CC(CC(C5)C3)C4)cc2Cl)cc1. The van der Waals surface area contributed by atoms with E-state index in [-0.39, 0.29) is 11.4 Å². The standard InChI is InChI=1S/C28H27ClN2O3/c29-24-13-20(28-14-17-10-18(15-28)12-19(11-17)16-28)3-8-25(24)31-21-4-6-22(7-5-21)34-26-23(27(32)33)2-1-9-30-26/h1-9,13,17-19,31H,10-12,14-16H2,(H,32,33). The second-order valence-electron chi connectivity index (χ2n) is 10.3. The summed E-state index contributed by atoms with van der Waals surface area (Å²) in [6.45, 7) is 0. The number of carboxylic acid groups (broad SMARTS) is 1. The van der Waals surface area contributed by atoms with Crippen molar-refractivity contribution in [1.82, 2.24) is 4.98 Å². The third-order valence-electron chi connectivity index (χ3n) is 7.97. The van der Waals surface area contributed by atoms with Crippen LogP contribution in [0.4, 0.5) is 11.4 Å². The molecule has 1 aromatic heterocycles. The number of rotatable bonds is 6. The number of pyridine rings is 1. The minimum absolute atomic E-state index is 0.0237. The second kappa shape index (κ2) is 8.31. The lowest BCUT2D eigenvalue weighted by atomic mass is 9.48. The van der Waals surface area contributed by atoms with Crippen molar-refractivity contribution in [1.29, 1.82) is 0 Å². The molecule has 4 aliphatic rings. The Kier molecular flexibility index (Phi) is 5.25. The van der Waals surface area contributed by atoms with E-state index in [4.69, 9.17) is 16.3 Å². The summed E-state index contributed by atoms with van der Waals surface area (Å²) in [7, 11) is 0. The smallest absolute Gasteiger partial charge is 0.341 e. The fourth-order valence-corrected chi connectivity index (χ4v) is 7.15. The van der Waals surface area contributed by atoms with Gasteiger partial charge in [-0.15, -0.1) is 0 Å². The highest BCUT2D eigenvalue weighted by molar-refractivity contribution is 6.33. The van der Waals surface area contributed by atoms with Crippen LogP contribution in [-0.4, -0.2) is 16.1 Å². The highest BCUT2D eigenvalue weighted by Gasteiger charge is 2.51. The first-order valence-electron chi connectivity index (χ1n) is 12.0. The summed E-state index contributed by atoms with van der Waals surface area (Å²) in [5.41, 5.74) is 3.51. The Labute approximate surface area is 204 Å². The molecule has 2 aromatic carbocycles. The first-order valence-corrected chi connectivity index (χ1v) is 12.4. The van der Waals surface area contributed by atoms with Gasteiger partial charge in [-0.05, 0) is 116 Å². The molecule has 4 fully saturated rings. The van der Waals surface area contributed by atoms with E-state index in [0.29, 0.717) is 11.2 Å². The van der Waals surface area contributed by atoms with Crippen LogP contribution >= 0.6 is 11.6 Å². The number of nitrogens with zero attached hydrogens (tertiary/aromatic N) is 1. The molecular weight excluding hydrogens is 448 g/mol. The number of benzene rings is 2. The van der Waals surface area contributed by atoms with Crippen molar-refractivity contribution in [2.24, 2.45) is 17.8 Å². The van der Waals surface area contributed by atoms with Gasteiger partial charge in [-0.25, -0.2) is 9.78 Å². The summed E-state index contributed by atoms with van der Waals surface area (Å²) in [5.74, 6) is 2.21. The van der Waals surface area contributed by atoms with Crippen LogP contribution < -0.4 is 10.1 Å². The maximum Gasteiger partial charge on any atom is 0.341 e. The third kappa shape index (κ3) is 3.92. The molecule has 0 radical (unpaired) electrons. The van der Waals surface area contributed by atoms with Crippen LogP contribution in [0.5, 0.6) is 11.6 Å². The molecule has 2 N–H and O–H groups in total. The van der Waals surface area contributed by atoms with Crippen molar-refractivity contribution in [3.8, 4) is 11.6 Å². The minimum atomic E-state index is -1.08. The van der Waals surface area contributed by atoms with Crippen molar-refractivity contribution in [2.45, 2.75) is 43.9 Å². The van der Waals surface area contributed by atoms with Gasteiger partial charge in [0.15, 0.2) is 0 Å². The molecule has 5 nitrogen and oxygen atoms in total. The van der Waals surface area contributed by atoms with E-state index in [2.05, 4.69) is 28.5 Å². The molecule has 0 amide bonds. The lowest BCUT2D eigenvalue weighted by Crippen LogP contribution is -2.48. The first kappa shape index (κ1) is 21.5. The van der Waals surface area contributed by atoms with Crippen LogP contribution in [0.1, 0.15) is 54.4 Å². The normalized spacial score (nSPS) is 26.9. The van der Waals surface area contributed by atoms with Crippen LogP contribution in [-0.2, 0) is 5.41 Å². The highest BCUT2D eigenvalue weighted by Crippen LogP contribution is 2.61. The average molecular weight is 475 g/mol. The van der Waals surface area contributed by atoms with E-state index in [1.807, 2.05) is 12.1 Å². The number of aromatic carboxylic acids is 1. The largest absolute Gasteiger partial charge is 0.477 e. The van der Waals surface area contributed by atoms with Crippen LogP contribution in [0.15, 0.2) is 60.8 Å². The van der Waals surface area contributed by atoms with Gasteiger partial charge in [0.25, 0.3) is 0 Å². The fourth-order valence-electron chi connectivity index (χ4n) is 6.92. The zero-order valence-corrected chi connectivity index (χ0v) is 19.6. The molecule has 4 bridgehead atoms. The van der Waals surface area contributed by atoms with Crippen LogP contribution in [0.25, 0.3) is 0 Å². The van der Waals surface area contributed by atoms with Crippen LogP contribution in [0.3, 0.4) is 0 Å². The van der Waals surface area contributed by atoms with Crippen molar-refractivity contribution in [3.05, 3.63) is 76.9 Å². The van der Waals surface area contributed by atoms with Crippen molar-refractivity contribution >= 4 is 28.9 Å². The van der Waals surface area contributed by atoms with Gasteiger partial charge in [-0.2, -0.15) is 0 Å². The van der Waals surface area contributed by atoms with Gasteiger partial charge in [0.1, 0.15) is 11.3 Å². The van der Waals surface area contributed by atoms with E-state index < -0.39 is 5.97 Å². The number of nitrogens with one attached hydrogen (secondary N) is 1. The molecule has 0 aliphatic heterocycles. The molecule has 7 rings (SSSR count). The first-order chi connectivity index (χ1) is 16.5. The Hall–Kier alpha value is -3.05. The zero-order chi connectivity index (χ0) is 23.3. The summed E-state index contributed by atoms with van der Waals surface area (Å²) >= 11 is 6.75. The maximum atomic E-state index is 11.4. The number of ether oxygens (including phenoxy) is 1. The monoisotopic (exact) mass is 474 g/mol. The maximum absolute atomic E-state index is 11.4. The van der Waals surface area contributed by atoms with E-state index in [1.165, 1.54) is 56.4 Å². The number of carboxylic acids is 1. The number of anilines is 2. The van der Waals surface area contributed by atoms with Gasteiger partial charge in [-0.1, -0.05) is 17.7 Å². The van der Waals surface area contributed by atoms with E-state index in [1.54, 1.807) is 18.2 Å². The van der Waals surface area contributed by atoms with Gasteiger partial charge in [0, 0.05) is 11.9 Å². The molecule has 0 saturated heterocycles. The second-order valence-corrected chi connectivity index (χ2v) is 10.7. The minimum Gasteiger partial charge on any atom is -0.477 e. The van der Waals surface area contributed by atoms with Gasteiger partial charge < -0.3 is 15.2 Å². The number of hydrogen-bond donors (Lipinski definition) is 2. The third-order valence-corrected chi connectivity index (χ3v) is 8.28. The summed E-state index contributed by atoms with van der Waals surface area (Å²) in [5, 5.41) is 13.4. The summed E-state index contributed by atoms with van der Waals surface area (Å²) in [6, 6.07) is 16.9. The fraction of sp³-hybridized carbons (Fsp3) is 0.357. The molecule has 4 aliphatic carbocycles. The van der Waals surface area contributed by atoms with Crippen molar-refractivity contribution in [3.63, 3.8) is 0 Å². The van der Waals surface area contributed by atoms with E-state index >= 15 is 0 Å². The molecule has 174 valence electrons. The molecule has 0 unspecified atom stereocenters. The van der Waals surface area contributed by atoms with Gasteiger partial charge in [-0.3, -0.25) is 0 Å². The van der Waals surface area contributed by atoms with Crippen LogP contribution in [0.2, 0.25) is 5.02 Å². The Balaban J connectivity index is 1.17. The molecule has 1 heterocycles. The van der Waals surface area contributed by atoms with E-state index in [0.717, 1.165) is 34.2 Å². The van der Waals surface area contributed by atoms with Gasteiger partial charge in [0.05, 0.1) is 10.7 Å². The number of hydrogen-bond acceptors (Lipinski definition) is 4. The van der Waals surface area contributed by atoms with Crippen molar-refractivity contribution in [2.75, 3.05) is 5.32 Å². The molecule has 6 heteroatoms. The predicted molar refractivity (Wildman–Crippen MR) is 132 cm³/mol. The lowest BCUT2D eigenvalue weighted by Gasteiger charge is -2.57. The lowest BCUT2D eigenvalue weighted by molar-refractivity contribution is -0.00518. The Morgan fingerprint density at radius 3 is 2.29 bits per heavy atom. The highest BCUT2D eigenvalue weighted by atomic mass is 35.5. The molecule has 3 aromatic rings. The summed E-state index contributed by atoms with van der Waals surface area (Å²) in [6.07, 6.45) is 9.78. The molecule has 0 spiro atoms. The average Bonchev–Trinajstić information content (AvgIpc) is 2.81. The summed E-state index contributed by atoms with van der Waals surface area (Å²) in [4.78, 5) is 15.4. The zero-order valence-electron chi connectivity index (χ0n) is 18.8. The van der Waals surface area contributed by atoms with Crippen molar-refractivity contribution < 1.29 is 14.6 Å². The van der Waals surface area contributed by atoms with Crippen LogP contribution in [0, 0.1) is 17.8 Å². The molecule has 0 atom stereocenters.